The highest BCUT2D eigenvalue weighted by Gasteiger charge is 2.59. The second kappa shape index (κ2) is 6.16. The fourth-order valence-corrected chi connectivity index (χ4v) is 4.66. The first-order valence-corrected chi connectivity index (χ1v) is 9.58. The minimum absolute atomic E-state index is 0.332. The summed E-state index contributed by atoms with van der Waals surface area (Å²) in [4.78, 5) is 43.8. The molecule has 0 unspecified atom stereocenters. The number of halogens is 1. The summed E-state index contributed by atoms with van der Waals surface area (Å²) in [7, 11) is 0. The highest BCUT2D eigenvalue weighted by Crippen LogP contribution is 2.46. The molecule has 0 amide bonds. The van der Waals surface area contributed by atoms with Crippen LogP contribution in [0.2, 0.25) is 0 Å². The van der Waals surface area contributed by atoms with Crippen molar-refractivity contribution in [2.75, 3.05) is 0 Å². The van der Waals surface area contributed by atoms with E-state index in [2.05, 4.69) is 4.98 Å². The molecule has 0 radical (unpaired) electrons. The Balaban J connectivity index is 2.14. The molecule has 0 saturated heterocycles. The average molecular weight is 387 g/mol. The maximum Gasteiger partial charge on any atom is 0.162 e. The smallest absolute Gasteiger partial charge is 0.162 e. The first kappa shape index (κ1) is 19.5. The van der Waals surface area contributed by atoms with Crippen LogP contribution in [0.3, 0.4) is 0 Å². The van der Waals surface area contributed by atoms with Gasteiger partial charge in [0.15, 0.2) is 17.3 Å². The Morgan fingerprint density at radius 2 is 1.56 bits per heavy atom. The Morgan fingerprint density at radius 3 is 2.07 bits per heavy atom. The molecule has 142 valence electrons. The summed E-state index contributed by atoms with van der Waals surface area (Å²) in [5.74, 6) is -2.76. The summed E-state index contributed by atoms with van der Waals surface area (Å²) < 4.78 is 14.4. The summed E-state index contributed by atoms with van der Waals surface area (Å²) in [6.07, 6.45) is 0. The van der Waals surface area contributed by atoms with Crippen molar-refractivity contribution in [3.05, 3.63) is 40.2 Å². The zero-order valence-corrected chi connectivity index (χ0v) is 17.1. The second-order valence-electron chi connectivity index (χ2n) is 8.18. The quantitative estimate of drug-likeness (QED) is 0.716. The first-order chi connectivity index (χ1) is 12.4. The van der Waals surface area contributed by atoms with Crippen LogP contribution in [-0.4, -0.2) is 22.3 Å². The normalized spacial score (nSPS) is 19.6. The van der Waals surface area contributed by atoms with E-state index < -0.39 is 34.1 Å². The van der Waals surface area contributed by atoms with Crippen molar-refractivity contribution in [2.24, 2.45) is 10.8 Å². The van der Waals surface area contributed by atoms with E-state index in [4.69, 9.17) is 0 Å². The SMILES string of the molecule is Cc1ccc(-c2nc(C3C(=O)C(C)(C)C(=O)C(C)(C)C3=O)c(C)s2)c(F)c1. The standard InChI is InChI=1S/C21H22FNO3S/c1-10-7-8-12(13(22)9-10)18-23-15(11(2)27-18)14-16(24)20(3,4)19(26)21(5,6)17(14)25/h7-9,14H,1-6H3. The number of carbonyl (C=O) groups excluding carboxylic acids is 3. The van der Waals surface area contributed by atoms with E-state index in [-0.39, 0.29) is 5.78 Å². The van der Waals surface area contributed by atoms with Gasteiger partial charge in [0.1, 0.15) is 16.7 Å². The molecule has 6 heteroatoms. The van der Waals surface area contributed by atoms with Gasteiger partial charge >= 0.3 is 0 Å². The van der Waals surface area contributed by atoms with Gasteiger partial charge < -0.3 is 0 Å². The number of carbonyl (C=O) groups is 3. The Hall–Kier alpha value is -2.21. The third-order valence-corrected chi connectivity index (χ3v) is 6.37. The molecule has 0 atom stereocenters. The molecule has 0 N–H and O–H groups in total. The van der Waals surface area contributed by atoms with Crippen LogP contribution in [0.15, 0.2) is 18.2 Å². The summed E-state index contributed by atoms with van der Waals surface area (Å²) in [6.45, 7) is 9.79. The number of Topliss-reactive ketones (excluding diaryl/α,β-unsaturated/α-hetero) is 3. The van der Waals surface area contributed by atoms with Gasteiger partial charge in [-0.25, -0.2) is 9.37 Å². The molecule has 3 rings (SSSR count). The molecule has 0 bridgehead atoms. The van der Waals surface area contributed by atoms with Gasteiger partial charge in [-0.3, -0.25) is 14.4 Å². The maximum atomic E-state index is 14.4. The fourth-order valence-electron chi connectivity index (χ4n) is 3.68. The molecule has 2 aromatic rings. The summed E-state index contributed by atoms with van der Waals surface area (Å²) in [5.41, 5.74) is -1.07. The molecule has 27 heavy (non-hydrogen) atoms. The van der Waals surface area contributed by atoms with E-state index >= 15 is 0 Å². The fraction of sp³-hybridized carbons (Fsp3) is 0.429. The first-order valence-electron chi connectivity index (χ1n) is 8.76. The molecule has 1 aromatic carbocycles. The number of thiazole rings is 1. The number of rotatable bonds is 2. The van der Waals surface area contributed by atoms with E-state index in [9.17, 15) is 18.8 Å². The van der Waals surface area contributed by atoms with Gasteiger partial charge in [0.2, 0.25) is 0 Å². The summed E-state index contributed by atoms with van der Waals surface area (Å²) in [5, 5.41) is 0.424. The van der Waals surface area contributed by atoms with Crippen LogP contribution in [0.4, 0.5) is 4.39 Å². The van der Waals surface area contributed by atoms with E-state index in [0.717, 1.165) is 5.56 Å². The number of aryl methyl sites for hydroxylation is 2. The lowest BCUT2D eigenvalue weighted by atomic mass is 9.58. The molecule has 0 spiro atoms. The summed E-state index contributed by atoms with van der Waals surface area (Å²) in [6, 6.07) is 4.86. The van der Waals surface area contributed by atoms with Crippen molar-refractivity contribution < 1.29 is 18.8 Å². The van der Waals surface area contributed by atoms with Crippen molar-refractivity contribution in [2.45, 2.75) is 47.5 Å². The molecule has 1 aliphatic rings. The minimum Gasteiger partial charge on any atom is -0.298 e. The highest BCUT2D eigenvalue weighted by molar-refractivity contribution is 7.15. The molecule has 4 nitrogen and oxygen atoms in total. The summed E-state index contributed by atoms with van der Waals surface area (Å²) >= 11 is 1.25. The van der Waals surface area contributed by atoms with E-state index in [1.165, 1.54) is 17.4 Å². The maximum absolute atomic E-state index is 14.4. The lowest BCUT2D eigenvalue weighted by Gasteiger charge is -2.40. The van der Waals surface area contributed by atoms with Crippen molar-refractivity contribution in [1.29, 1.82) is 0 Å². The van der Waals surface area contributed by atoms with Crippen LogP contribution in [0.5, 0.6) is 0 Å². The predicted molar refractivity (Wildman–Crippen MR) is 102 cm³/mol. The van der Waals surface area contributed by atoms with Crippen LogP contribution in [-0.2, 0) is 14.4 Å². The molecule has 1 aliphatic carbocycles. The van der Waals surface area contributed by atoms with Crippen molar-refractivity contribution in [3.8, 4) is 10.6 Å². The van der Waals surface area contributed by atoms with Gasteiger partial charge in [-0.15, -0.1) is 11.3 Å². The zero-order valence-electron chi connectivity index (χ0n) is 16.3. The third kappa shape index (κ3) is 2.87. The number of hydrogen-bond acceptors (Lipinski definition) is 5. The molecule has 1 fully saturated rings. The van der Waals surface area contributed by atoms with Crippen LogP contribution in [0, 0.1) is 30.5 Å². The Labute approximate surface area is 161 Å². The topological polar surface area (TPSA) is 64.1 Å². The highest BCUT2D eigenvalue weighted by atomic mass is 32.1. The molecule has 1 saturated carbocycles. The van der Waals surface area contributed by atoms with E-state index in [1.807, 2.05) is 0 Å². The zero-order chi connectivity index (χ0) is 20.3. The Bertz CT molecular complexity index is 957. The number of ketones is 3. The number of nitrogens with zero attached hydrogens (tertiary/aromatic N) is 1. The Kier molecular flexibility index (Phi) is 4.46. The van der Waals surface area contributed by atoms with Crippen LogP contribution < -0.4 is 0 Å². The predicted octanol–water partition coefficient (Wildman–Crippen LogP) is 4.42. The van der Waals surface area contributed by atoms with Crippen LogP contribution >= 0.6 is 11.3 Å². The lowest BCUT2D eigenvalue weighted by Crippen LogP contribution is -2.56. The Morgan fingerprint density at radius 1 is 1.00 bits per heavy atom. The van der Waals surface area contributed by atoms with E-state index in [1.54, 1.807) is 53.7 Å². The monoisotopic (exact) mass is 387 g/mol. The number of hydrogen-bond donors (Lipinski definition) is 0. The molecule has 1 aromatic heterocycles. The number of benzene rings is 1. The van der Waals surface area contributed by atoms with Gasteiger partial charge in [-0.2, -0.15) is 0 Å². The van der Waals surface area contributed by atoms with Crippen LogP contribution in [0.1, 0.15) is 49.7 Å². The van der Waals surface area contributed by atoms with Gasteiger partial charge in [-0.1, -0.05) is 6.07 Å². The van der Waals surface area contributed by atoms with Gasteiger partial charge in [0.25, 0.3) is 0 Å². The molecular formula is C21H22FNO3S. The molecule has 0 aliphatic heterocycles. The largest absolute Gasteiger partial charge is 0.298 e. The molecule has 1 heterocycles. The van der Waals surface area contributed by atoms with E-state index in [0.29, 0.717) is 21.1 Å². The lowest BCUT2D eigenvalue weighted by molar-refractivity contribution is -0.157. The van der Waals surface area contributed by atoms with Crippen molar-refractivity contribution in [3.63, 3.8) is 0 Å². The average Bonchev–Trinajstić information content (AvgIpc) is 2.94. The number of aromatic nitrogens is 1. The minimum atomic E-state index is -1.27. The van der Waals surface area contributed by atoms with Crippen LogP contribution in [0.25, 0.3) is 10.6 Å². The third-order valence-electron chi connectivity index (χ3n) is 5.35. The van der Waals surface area contributed by atoms with Gasteiger partial charge in [0, 0.05) is 10.4 Å². The molecular weight excluding hydrogens is 365 g/mol. The second-order valence-corrected chi connectivity index (χ2v) is 9.39. The van der Waals surface area contributed by atoms with Gasteiger partial charge in [-0.05, 0) is 59.2 Å². The van der Waals surface area contributed by atoms with Gasteiger partial charge in [0.05, 0.1) is 16.5 Å². The van der Waals surface area contributed by atoms with Crippen molar-refractivity contribution in [1.82, 2.24) is 4.98 Å². The van der Waals surface area contributed by atoms with Crippen molar-refractivity contribution >= 4 is 28.7 Å².